The number of nitriles is 1. The van der Waals surface area contributed by atoms with Crippen molar-refractivity contribution in [2.75, 3.05) is 5.32 Å². The highest BCUT2D eigenvalue weighted by Crippen LogP contribution is 2.25. The Kier molecular flexibility index (Phi) is 4.76. The lowest BCUT2D eigenvalue weighted by molar-refractivity contribution is -0.127. The van der Waals surface area contributed by atoms with Crippen LogP contribution in [0.15, 0.2) is 24.3 Å². The smallest absolute Gasteiger partial charge is 0.211 e. The van der Waals surface area contributed by atoms with E-state index in [1.807, 2.05) is 0 Å². The van der Waals surface area contributed by atoms with Crippen LogP contribution >= 0.6 is 0 Å². The van der Waals surface area contributed by atoms with Crippen molar-refractivity contribution in [3.05, 3.63) is 29.8 Å². The van der Waals surface area contributed by atoms with Gasteiger partial charge in [-0.3, -0.25) is 14.4 Å². The number of ketones is 2. The summed E-state index contributed by atoms with van der Waals surface area (Å²) in [5, 5.41) is 11.5. The normalized spacial score (nSPS) is 12.1. The minimum atomic E-state index is -1.37. The van der Waals surface area contributed by atoms with Crippen LogP contribution in [0.25, 0.3) is 0 Å². The third-order valence-electron chi connectivity index (χ3n) is 2.80. The molecule has 1 rings (SSSR count). The maximum absolute atomic E-state index is 12.4. The van der Waals surface area contributed by atoms with E-state index < -0.39 is 22.9 Å². The highest BCUT2D eigenvalue weighted by molar-refractivity contribution is 6.16. The van der Waals surface area contributed by atoms with Gasteiger partial charge >= 0.3 is 0 Å². The molecule has 0 bridgehead atoms. The number of rotatable bonds is 5. The van der Waals surface area contributed by atoms with E-state index in [1.165, 1.54) is 12.1 Å². The van der Waals surface area contributed by atoms with E-state index in [0.717, 1.165) is 0 Å². The lowest BCUT2D eigenvalue weighted by Crippen LogP contribution is -2.33. The molecule has 1 N–H and O–H groups in total. The van der Waals surface area contributed by atoms with Gasteiger partial charge in [0.05, 0.1) is 11.8 Å². The number of amides is 1. The molecule has 0 radical (unpaired) electrons. The molecule has 5 heteroatoms. The van der Waals surface area contributed by atoms with E-state index in [1.54, 1.807) is 39.0 Å². The molecule has 0 aliphatic heterocycles. The number of para-hydroxylation sites is 1. The number of Topliss-reactive ketones (excluding diaryl/α,β-unsaturated/α-hetero) is 2. The molecular formula is C15H16N2O3. The third kappa shape index (κ3) is 3.29. The predicted octanol–water partition coefficient (Wildman–Crippen LogP) is 2.19. The number of benzene rings is 1. The maximum atomic E-state index is 12.4. The van der Waals surface area contributed by atoms with Crippen LogP contribution in [0.1, 0.15) is 31.1 Å². The molecule has 0 aromatic heterocycles. The molecule has 0 fully saturated rings. The van der Waals surface area contributed by atoms with E-state index in [4.69, 9.17) is 5.26 Å². The molecule has 20 heavy (non-hydrogen) atoms. The van der Waals surface area contributed by atoms with Crippen LogP contribution in [-0.2, 0) is 9.59 Å². The Balaban J connectivity index is 3.20. The molecule has 5 nitrogen and oxygen atoms in total. The van der Waals surface area contributed by atoms with Crippen molar-refractivity contribution >= 4 is 23.7 Å². The van der Waals surface area contributed by atoms with E-state index in [2.05, 4.69) is 5.32 Å². The van der Waals surface area contributed by atoms with Crippen LogP contribution in [0.4, 0.5) is 5.69 Å². The van der Waals surface area contributed by atoms with Crippen LogP contribution < -0.4 is 5.32 Å². The molecule has 0 heterocycles. The fourth-order valence-corrected chi connectivity index (χ4v) is 1.71. The zero-order chi connectivity index (χ0) is 15.3. The average molecular weight is 272 g/mol. The average Bonchev–Trinajstić information content (AvgIpc) is 2.39. The van der Waals surface area contributed by atoms with Crippen molar-refractivity contribution in [1.29, 1.82) is 5.26 Å². The van der Waals surface area contributed by atoms with Gasteiger partial charge in [0.25, 0.3) is 0 Å². The molecule has 1 atom stereocenters. The monoisotopic (exact) mass is 272 g/mol. The second kappa shape index (κ2) is 6.11. The first-order valence-electron chi connectivity index (χ1n) is 6.10. The third-order valence-corrected chi connectivity index (χ3v) is 2.80. The van der Waals surface area contributed by atoms with Gasteiger partial charge in [0.1, 0.15) is 0 Å². The Bertz CT molecular complexity index is 580. The van der Waals surface area contributed by atoms with Crippen molar-refractivity contribution in [3.63, 3.8) is 0 Å². The fourth-order valence-electron chi connectivity index (χ4n) is 1.71. The van der Waals surface area contributed by atoms with E-state index in [9.17, 15) is 14.4 Å². The summed E-state index contributed by atoms with van der Waals surface area (Å²) >= 11 is 0. The van der Waals surface area contributed by atoms with E-state index >= 15 is 0 Å². The van der Waals surface area contributed by atoms with Crippen molar-refractivity contribution in [3.8, 4) is 6.07 Å². The van der Waals surface area contributed by atoms with Gasteiger partial charge < -0.3 is 5.32 Å². The summed E-state index contributed by atoms with van der Waals surface area (Å²) in [6, 6.07) is 8.04. The number of carbonyl (C=O) groups is 3. The second-order valence-corrected chi connectivity index (χ2v) is 5.35. The summed E-state index contributed by atoms with van der Waals surface area (Å²) in [6.07, 6.45) is 0.444. The topological polar surface area (TPSA) is 87.0 Å². The fraction of sp³-hybridized carbons (Fsp3) is 0.333. The number of anilines is 1. The molecule has 1 aromatic rings. The number of nitrogens with zero attached hydrogens (tertiary/aromatic N) is 1. The van der Waals surface area contributed by atoms with Crippen LogP contribution in [0.3, 0.4) is 0 Å². The zero-order valence-electron chi connectivity index (χ0n) is 11.6. The zero-order valence-corrected chi connectivity index (χ0v) is 11.6. The summed E-state index contributed by atoms with van der Waals surface area (Å²) in [5.74, 6) is -2.41. The SMILES string of the molecule is CC(C)(C)C(=O)C(C#N)C(=O)c1ccccc1NC=O. The Labute approximate surface area is 117 Å². The molecule has 1 aromatic carbocycles. The van der Waals surface area contributed by atoms with Crippen LogP contribution in [0.5, 0.6) is 0 Å². The van der Waals surface area contributed by atoms with Crippen molar-refractivity contribution in [1.82, 2.24) is 0 Å². The number of carbonyl (C=O) groups excluding carboxylic acids is 3. The summed E-state index contributed by atoms with van der Waals surface area (Å²) in [6.45, 7) is 4.97. The molecular weight excluding hydrogens is 256 g/mol. The van der Waals surface area contributed by atoms with Gasteiger partial charge in [-0.05, 0) is 12.1 Å². The van der Waals surface area contributed by atoms with Crippen LogP contribution in [0.2, 0.25) is 0 Å². The molecule has 1 unspecified atom stereocenters. The van der Waals surface area contributed by atoms with E-state index in [-0.39, 0.29) is 11.3 Å². The summed E-state index contributed by atoms with van der Waals surface area (Å²) in [5.41, 5.74) is -0.346. The summed E-state index contributed by atoms with van der Waals surface area (Å²) in [4.78, 5) is 35.0. The minimum absolute atomic E-state index is 0.156. The Morgan fingerprint density at radius 3 is 2.40 bits per heavy atom. The predicted molar refractivity (Wildman–Crippen MR) is 74.0 cm³/mol. The number of hydrogen-bond donors (Lipinski definition) is 1. The first-order chi connectivity index (χ1) is 9.32. The Morgan fingerprint density at radius 1 is 1.30 bits per heavy atom. The molecule has 0 saturated heterocycles. The maximum Gasteiger partial charge on any atom is 0.211 e. The highest BCUT2D eigenvalue weighted by atomic mass is 16.2. The van der Waals surface area contributed by atoms with Crippen LogP contribution in [-0.4, -0.2) is 18.0 Å². The van der Waals surface area contributed by atoms with Gasteiger partial charge in [-0.25, -0.2) is 0 Å². The van der Waals surface area contributed by atoms with Gasteiger partial charge in [-0.2, -0.15) is 5.26 Å². The van der Waals surface area contributed by atoms with Gasteiger partial charge in [-0.1, -0.05) is 32.9 Å². The molecule has 0 aliphatic carbocycles. The lowest BCUT2D eigenvalue weighted by Gasteiger charge is -2.20. The standard InChI is InChI=1S/C15H16N2O3/c1-15(2,3)14(20)11(8-16)13(19)10-6-4-5-7-12(10)17-9-18/h4-7,9,11H,1-3H3,(H,17,18). The van der Waals surface area contributed by atoms with Gasteiger partial charge in [0.2, 0.25) is 6.41 Å². The van der Waals surface area contributed by atoms with Crippen LogP contribution in [0, 0.1) is 22.7 Å². The molecule has 0 spiro atoms. The first kappa shape index (κ1) is 15.6. The van der Waals surface area contributed by atoms with Crippen molar-refractivity contribution < 1.29 is 14.4 Å². The largest absolute Gasteiger partial charge is 0.328 e. The van der Waals surface area contributed by atoms with E-state index in [0.29, 0.717) is 6.41 Å². The molecule has 104 valence electrons. The van der Waals surface area contributed by atoms with Gasteiger partial charge in [-0.15, -0.1) is 0 Å². The Hall–Kier alpha value is -2.48. The Morgan fingerprint density at radius 2 is 1.90 bits per heavy atom. The van der Waals surface area contributed by atoms with Gasteiger partial charge in [0, 0.05) is 11.0 Å². The summed E-state index contributed by atoms with van der Waals surface area (Å²) in [7, 11) is 0. The van der Waals surface area contributed by atoms with Gasteiger partial charge in [0.15, 0.2) is 17.5 Å². The lowest BCUT2D eigenvalue weighted by atomic mass is 9.80. The molecule has 0 saturated carbocycles. The number of hydrogen-bond acceptors (Lipinski definition) is 4. The summed E-state index contributed by atoms with van der Waals surface area (Å²) < 4.78 is 0. The van der Waals surface area contributed by atoms with Crippen molar-refractivity contribution in [2.45, 2.75) is 20.8 Å². The highest BCUT2D eigenvalue weighted by Gasteiger charge is 2.35. The second-order valence-electron chi connectivity index (χ2n) is 5.35. The first-order valence-corrected chi connectivity index (χ1v) is 6.10. The molecule has 1 amide bonds. The quantitative estimate of drug-likeness (QED) is 0.505. The minimum Gasteiger partial charge on any atom is -0.328 e. The molecule has 0 aliphatic rings. The van der Waals surface area contributed by atoms with Crippen molar-refractivity contribution in [2.24, 2.45) is 11.3 Å². The number of nitrogens with one attached hydrogen (secondary N) is 1.